The third-order valence-electron chi connectivity index (χ3n) is 5.51. The van der Waals surface area contributed by atoms with Crippen molar-refractivity contribution in [2.45, 2.75) is 50.8 Å². The summed E-state index contributed by atoms with van der Waals surface area (Å²) in [5.41, 5.74) is 7.33. The predicted octanol–water partition coefficient (Wildman–Crippen LogP) is 2.40. The molecular formula is C22H25FN4O2. The first-order chi connectivity index (χ1) is 13.5. The Morgan fingerprint density at radius 3 is 2.69 bits per heavy atom. The number of hydrogen-bond acceptors (Lipinski definition) is 4. The van der Waals surface area contributed by atoms with Gasteiger partial charge in [0.25, 0.3) is 5.91 Å². The number of imidazole rings is 1. The molecule has 0 radical (unpaired) electrons. The molecule has 3 aliphatic rings. The first-order valence-corrected chi connectivity index (χ1v) is 9.70. The second-order valence-electron chi connectivity index (χ2n) is 8.75. The van der Waals surface area contributed by atoms with Gasteiger partial charge in [-0.1, -0.05) is 11.8 Å². The van der Waals surface area contributed by atoms with Crippen LogP contribution in [0.4, 0.5) is 4.39 Å². The second kappa shape index (κ2) is 6.68. The minimum atomic E-state index is -1.22. The Morgan fingerprint density at radius 1 is 1.41 bits per heavy atom. The molecule has 3 heterocycles. The highest BCUT2D eigenvalue weighted by Crippen LogP contribution is 2.53. The number of carbonyl (C=O) groups excluding carboxylic acids is 1. The highest BCUT2D eigenvalue weighted by atomic mass is 19.1. The first-order valence-electron chi connectivity index (χ1n) is 9.70. The van der Waals surface area contributed by atoms with Crippen molar-refractivity contribution in [3.05, 3.63) is 40.5 Å². The summed E-state index contributed by atoms with van der Waals surface area (Å²) in [4.78, 5) is 18.7. The highest BCUT2D eigenvalue weighted by molar-refractivity contribution is 5.93. The molecule has 152 valence electrons. The van der Waals surface area contributed by atoms with Crippen LogP contribution >= 0.6 is 0 Å². The fraction of sp³-hybridized carbons (Fsp3) is 0.455. The summed E-state index contributed by atoms with van der Waals surface area (Å²) < 4.78 is 16.8. The first kappa shape index (κ1) is 19.6. The molecule has 7 heteroatoms. The van der Waals surface area contributed by atoms with Gasteiger partial charge >= 0.3 is 0 Å². The van der Waals surface area contributed by atoms with E-state index in [1.54, 1.807) is 19.9 Å². The molecule has 2 aromatic rings. The number of aliphatic hydroxyl groups is 1. The smallest absolute Gasteiger partial charge is 0.269 e. The van der Waals surface area contributed by atoms with Crippen LogP contribution in [-0.4, -0.2) is 45.2 Å². The van der Waals surface area contributed by atoms with Gasteiger partial charge in [-0.05, 0) is 64.4 Å². The van der Waals surface area contributed by atoms with Crippen molar-refractivity contribution in [3.63, 3.8) is 0 Å². The van der Waals surface area contributed by atoms with Gasteiger partial charge in [0.15, 0.2) is 5.69 Å². The van der Waals surface area contributed by atoms with Gasteiger partial charge in [0.1, 0.15) is 17.2 Å². The van der Waals surface area contributed by atoms with E-state index in [0.29, 0.717) is 12.4 Å². The summed E-state index contributed by atoms with van der Waals surface area (Å²) >= 11 is 0. The lowest BCUT2D eigenvalue weighted by atomic mass is 9.75. The van der Waals surface area contributed by atoms with Crippen molar-refractivity contribution in [2.75, 3.05) is 14.1 Å². The zero-order valence-electron chi connectivity index (χ0n) is 17.1. The number of amides is 1. The molecule has 1 saturated carbocycles. The molecule has 6 nitrogen and oxygen atoms in total. The van der Waals surface area contributed by atoms with E-state index in [1.165, 1.54) is 6.07 Å². The van der Waals surface area contributed by atoms with E-state index in [0.717, 1.165) is 29.7 Å². The summed E-state index contributed by atoms with van der Waals surface area (Å²) in [7, 11) is 3.86. The number of hydrogen-bond donors (Lipinski definition) is 2. The average Bonchev–Trinajstić information content (AvgIpc) is 2.78. The van der Waals surface area contributed by atoms with Crippen LogP contribution in [-0.2, 0) is 6.54 Å². The molecule has 1 aliphatic carbocycles. The van der Waals surface area contributed by atoms with Crippen LogP contribution in [0.25, 0.3) is 11.4 Å². The minimum Gasteiger partial charge on any atom is -0.378 e. The molecule has 3 N–H and O–H groups in total. The zero-order chi connectivity index (χ0) is 21.1. The topological polar surface area (TPSA) is 84.4 Å². The second-order valence-corrected chi connectivity index (χ2v) is 8.75. The van der Waals surface area contributed by atoms with Gasteiger partial charge in [0, 0.05) is 18.2 Å². The van der Waals surface area contributed by atoms with Gasteiger partial charge in [-0.15, -0.1) is 0 Å². The zero-order valence-corrected chi connectivity index (χ0v) is 17.1. The highest BCUT2D eigenvalue weighted by Gasteiger charge is 2.41. The Morgan fingerprint density at radius 2 is 2.10 bits per heavy atom. The Kier molecular flexibility index (Phi) is 4.52. The SMILES string of the molecule is CN(C)Cc1c(C(N)=O)nc2n1C1CC(C1)c1cc(F)c(C#CC(C)(C)O)cc1-2. The lowest BCUT2D eigenvalue weighted by Crippen LogP contribution is -2.27. The van der Waals surface area contributed by atoms with Crippen LogP contribution in [0.1, 0.15) is 66.0 Å². The summed E-state index contributed by atoms with van der Waals surface area (Å²) in [5.74, 6) is 5.33. The molecular weight excluding hydrogens is 371 g/mol. The van der Waals surface area contributed by atoms with Crippen molar-refractivity contribution in [1.29, 1.82) is 0 Å². The van der Waals surface area contributed by atoms with E-state index < -0.39 is 17.3 Å². The lowest BCUT2D eigenvalue weighted by Gasteiger charge is -2.35. The van der Waals surface area contributed by atoms with Crippen LogP contribution in [0.5, 0.6) is 0 Å². The van der Waals surface area contributed by atoms with Crippen LogP contribution in [0.2, 0.25) is 0 Å². The average molecular weight is 396 g/mol. The van der Waals surface area contributed by atoms with Gasteiger partial charge in [0.05, 0.1) is 11.3 Å². The van der Waals surface area contributed by atoms with E-state index in [9.17, 15) is 14.3 Å². The Bertz CT molecular complexity index is 1060. The fourth-order valence-electron chi connectivity index (χ4n) is 4.19. The largest absolute Gasteiger partial charge is 0.378 e. The molecule has 2 bridgehead atoms. The number of primary amides is 1. The van der Waals surface area contributed by atoms with E-state index >= 15 is 0 Å². The summed E-state index contributed by atoms with van der Waals surface area (Å²) in [5, 5.41) is 9.88. The molecule has 0 spiro atoms. The van der Waals surface area contributed by atoms with Crippen LogP contribution in [0.3, 0.4) is 0 Å². The Hall–Kier alpha value is -2.69. The third-order valence-corrected chi connectivity index (χ3v) is 5.51. The van der Waals surface area contributed by atoms with Gasteiger partial charge in [-0.3, -0.25) is 4.79 Å². The van der Waals surface area contributed by atoms with Crippen LogP contribution in [0.15, 0.2) is 12.1 Å². The number of aromatic nitrogens is 2. The normalized spacial score (nSPS) is 19.6. The molecule has 0 unspecified atom stereocenters. The Balaban J connectivity index is 1.95. The van der Waals surface area contributed by atoms with Crippen molar-refractivity contribution >= 4 is 5.91 Å². The van der Waals surface area contributed by atoms with Crippen molar-refractivity contribution in [1.82, 2.24) is 14.5 Å². The number of nitrogens with zero attached hydrogens (tertiary/aromatic N) is 3. The maximum Gasteiger partial charge on any atom is 0.269 e. The molecule has 1 fully saturated rings. The maximum absolute atomic E-state index is 14.7. The van der Waals surface area contributed by atoms with Gasteiger partial charge < -0.3 is 20.3 Å². The number of carbonyl (C=O) groups is 1. The van der Waals surface area contributed by atoms with Gasteiger partial charge in [0.2, 0.25) is 0 Å². The minimum absolute atomic E-state index is 0.203. The van der Waals surface area contributed by atoms with Crippen molar-refractivity contribution in [3.8, 4) is 23.2 Å². The molecule has 0 saturated heterocycles. The molecule has 0 atom stereocenters. The van der Waals surface area contributed by atoms with Gasteiger partial charge in [-0.2, -0.15) is 0 Å². The summed E-state index contributed by atoms with van der Waals surface area (Å²) in [6.07, 6.45) is 1.76. The van der Waals surface area contributed by atoms with E-state index in [4.69, 9.17) is 5.73 Å². The molecule has 1 amide bonds. The van der Waals surface area contributed by atoms with E-state index in [1.807, 2.05) is 19.0 Å². The molecule has 29 heavy (non-hydrogen) atoms. The van der Waals surface area contributed by atoms with E-state index in [2.05, 4.69) is 21.4 Å². The van der Waals surface area contributed by atoms with Crippen LogP contribution in [0, 0.1) is 17.7 Å². The number of rotatable bonds is 3. The van der Waals surface area contributed by atoms with Crippen molar-refractivity contribution in [2.24, 2.45) is 5.73 Å². The summed E-state index contributed by atoms with van der Waals surface area (Å²) in [6.45, 7) is 3.64. The van der Waals surface area contributed by atoms with Crippen molar-refractivity contribution < 1.29 is 14.3 Å². The number of benzene rings is 1. The quantitative estimate of drug-likeness (QED) is 0.781. The standard InChI is InChI=1S/C22H25FN4O2/c1-22(2,29)6-5-12-9-16-15(10-17(12)23)13-7-14(8-13)27-18(11-26(3)4)19(20(24)28)25-21(16)27/h9-10,13-14,29H,7-8,11H2,1-4H3,(H2,24,28). The third kappa shape index (κ3) is 3.43. The Labute approximate surface area is 169 Å². The lowest BCUT2D eigenvalue weighted by molar-refractivity contribution is 0.0993. The molecule has 2 aliphatic heterocycles. The maximum atomic E-state index is 14.7. The summed E-state index contributed by atoms with van der Waals surface area (Å²) in [6, 6.07) is 3.43. The van der Waals surface area contributed by atoms with Gasteiger partial charge in [-0.25, -0.2) is 9.37 Å². The van der Waals surface area contributed by atoms with Crippen LogP contribution < -0.4 is 5.73 Å². The molecule has 1 aromatic heterocycles. The number of nitrogens with two attached hydrogens (primary N) is 1. The molecule has 1 aromatic carbocycles. The number of halogens is 1. The van der Waals surface area contributed by atoms with E-state index in [-0.39, 0.29) is 23.2 Å². The fourth-order valence-corrected chi connectivity index (χ4v) is 4.19. The molecule has 5 rings (SSSR count). The monoisotopic (exact) mass is 396 g/mol. The predicted molar refractivity (Wildman–Crippen MR) is 108 cm³/mol.